The van der Waals surface area contributed by atoms with Gasteiger partial charge in [0.25, 0.3) is 0 Å². The SMILES string of the molecule is CC(C)NC(=O)C1COc2ccc(NC(=O)C(C)C)cc2C1. The van der Waals surface area contributed by atoms with Crippen molar-refractivity contribution in [1.29, 1.82) is 0 Å². The molecule has 0 saturated heterocycles. The first-order valence-corrected chi connectivity index (χ1v) is 7.73. The maximum Gasteiger partial charge on any atom is 0.227 e. The van der Waals surface area contributed by atoms with Crippen LogP contribution in [0.5, 0.6) is 5.75 Å². The van der Waals surface area contributed by atoms with E-state index in [1.165, 1.54) is 0 Å². The average molecular weight is 304 g/mol. The molecule has 2 N–H and O–H groups in total. The number of hydrogen-bond acceptors (Lipinski definition) is 3. The molecule has 1 atom stereocenters. The standard InChI is InChI=1S/C17H24N2O3/c1-10(2)16(20)19-14-5-6-15-12(8-14)7-13(9-22-15)17(21)18-11(3)4/h5-6,8,10-11,13H,7,9H2,1-4H3,(H,18,21)(H,19,20). The van der Waals surface area contributed by atoms with Crippen LogP contribution in [-0.4, -0.2) is 24.5 Å². The molecule has 1 aliphatic rings. The lowest BCUT2D eigenvalue weighted by molar-refractivity contribution is -0.126. The molecule has 5 nitrogen and oxygen atoms in total. The Balaban J connectivity index is 2.09. The van der Waals surface area contributed by atoms with Gasteiger partial charge in [-0.05, 0) is 44.0 Å². The third-order valence-corrected chi connectivity index (χ3v) is 3.56. The van der Waals surface area contributed by atoms with E-state index >= 15 is 0 Å². The Bertz CT molecular complexity index is 567. The van der Waals surface area contributed by atoms with Crippen LogP contribution in [0.1, 0.15) is 33.3 Å². The second-order valence-corrected chi connectivity index (χ2v) is 6.34. The molecule has 5 heteroatoms. The second kappa shape index (κ2) is 6.81. The zero-order valence-corrected chi connectivity index (χ0v) is 13.6. The lowest BCUT2D eigenvalue weighted by Gasteiger charge is -2.26. The number of carbonyl (C=O) groups excluding carboxylic acids is 2. The highest BCUT2D eigenvalue weighted by Gasteiger charge is 2.26. The Labute approximate surface area is 131 Å². The van der Waals surface area contributed by atoms with E-state index in [1.807, 2.05) is 45.9 Å². The minimum atomic E-state index is -0.189. The Morgan fingerprint density at radius 1 is 1.23 bits per heavy atom. The number of amides is 2. The topological polar surface area (TPSA) is 67.4 Å². The van der Waals surface area contributed by atoms with Crippen molar-refractivity contribution in [2.75, 3.05) is 11.9 Å². The lowest BCUT2D eigenvalue weighted by atomic mass is 9.95. The van der Waals surface area contributed by atoms with E-state index in [0.717, 1.165) is 17.0 Å². The van der Waals surface area contributed by atoms with Gasteiger partial charge in [0.2, 0.25) is 11.8 Å². The molecule has 0 spiro atoms. The van der Waals surface area contributed by atoms with Crippen LogP contribution in [0.3, 0.4) is 0 Å². The molecule has 1 aromatic carbocycles. The smallest absolute Gasteiger partial charge is 0.227 e. The number of fused-ring (bicyclic) bond motifs is 1. The van der Waals surface area contributed by atoms with Crippen LogP contribution in [-0.2, 0) is 16.0 Å². The van der Waals surface area contributed by atoms with Gasteiger partial charge < -0.3 is 15.4 Å². The molecule has 1 aromatic rings. The zero-order valence-electron chi connectivity index (χ0n) is 13.6. The molecule has 0 aliphatic carbocycles. The Morgan fingerprint density at radius 3 is 2.59 bits per heavy atom. The Hall–Kier alpha value is -2.04. The lowest BCUT2D eigenvalue weighted by Crippen LogP contribution is -2.40. The molecule has 120 valence electrons. The van der Waals surface area contributed by atoms with Crippen LogP contribution in [0.2, 0.25) is 0 Å². The van der Waals surface area contributed by atoms with Crippen LogP contribution in [0.4, 0.5) is 5.69 Å². The molecule has 0 aromatic heterocycles. The number of hydrogen-bond donors (Lipinski definition) is 2. The minimum Gasteiger partial charge on any atom is -0.492 e. The predicted octanol–water partition coefficient (Wildman–Crippen LogP) is 2.36. The summed E-state index contributed by atoms with van der Waals surface area (Å²) in [5.74, 6) is 0.516. The average Bonchev–Trinajstić information content (AvgIpc) is 2.45. The molecule has 1 unspecified atom stereocenters. The number of nitrogens with one attached hydrogen (secondary N) is 2. The quantitative estimate of drug-likeness (QED) is 0.897. The molecule has 1 aliphatic heterocycles. The summed E-state index contributed by atoms with van der Waals surface area (Å²) >= 11 is 0. The van der Waals surface area contributed by atoms with Crippen molar-refractivity contribution in [3.05, 3.63) is 23.8 Å². The van der Waals surface area contributed by atoms with Gasteiger partial charge in [-0.15, -0.1) is 0 Å². The summed E-state index contributed by atoms with van der Waals surface area (Å²) in [6.07, 6.45) is 0.624. The number of anilines is 1. The normalized spacial score (nSPS) is 16.9. The van der Waals surface area contributed by atoms with Crippen molar-refractivity contribution < 1.29 is 14.3 Å². The van der Waals surface area contributed by atoms with E-state index in [2.05, 4.69) is 10.6 Å². The van der Waals surface area contributed by atoms with Crippen molar-refractivity contribution in [1.82, 2.24) is 5.32 Å². The van der Waals surface area contributed by atoms with Crippen LogP contribution in [0, 0.1) is 11.8 Å². The maximum atomic E-state index is 12.1. The fraction of sp³-hybridized carbons (Fsp3) is 0.529. The summed E-state index contributed by atoms with van der Waals surface area (Å²) in [5, 5.41) is 5.79. The summed E-state index contributed by atoms with van der Waals surface area (Å²) in [6, 6.07) is 5.69. The second-order valence-electron chi connectivity index (χ2n) is 6.34. The molecule has 0 saturated carbocycles. The zero-order chi connectivity index (χ0) is 16.3. The summed E-state index contributed by atoms with van der Waals surface area (Å²) in [7, 11) is 0. The third-order valence-electron chi connectivity index (χ3n) is 3.56. The first-order valence-electron chi connectivity index (χ1n) is 7.73. The summed E-state index contributed by atoms with van der Waals surface area (Å²) in [5.41, 5.74) is 1.70. The van der Waals surface area contributed by atoms with E-state index in [0.29, 0.717) is 13.0 Å². The number of rotatable bonds is 4. The van der Waals surface area contributed by atoms with Gasteiger partial charge >= 0.3 is 0 Å². The first-order chi connectivity index (χ1) is 10.4. The molecular formula is C17H24N2O3. The summed E-state index contributed by atoms with van der Waals surface area (Å²) < 4.78 is 5.67. The van der Waals surface area contributed by atoms with Crippen molar-refractivity contribution >= 4 is 17.5 Å². The largest absolute Gasteiger partial charge is 0.492 e. The van der Waals surface area contributed by atoms with Crippen LogP contribution >= 0.6 is 0 Å². The summed E-state index contributed by atoms with van der Waals surface area (Å²) in [6.45, 7) is 7.97. The Morgan fingerprint density at radius 2 is 1.95 bits per heavy atom. The Kier molecular flexibility index (Phi) is 5.06. The van der Waals surface area contributed by atoms with E-state index in [9.17, 15) is 9.59 Å². The van der Waals surface area contributed by atoms with E-state index in [1.54, 1.807) is 0 Å². The van der Waals surface area contributed by atoms with Crippen molar-refractivity contribution in [3.8, 4) is 5.75 Å². The van der Waals surface area contributed by atoms with Gasteiger partial charge in [-0.3, -0.25) is 9.59 Å². The van der Waals surface area contributed by atoms with Gasteiger partial charge in [-0.1, -0.05) is 13.8 Å². The summed E-state index contributed by atoms with van der Waals surface area (Å²) in [4.78, 5) is 23.9. The number of benzene rings is 1. The van der Waals surface area contributed by atoms with Gasteiger partial charge in [-0.25, -0.2) is 0 Å². The monoisotopic (exact) mass is 304 g/mol. The van der Waals surface area contributed by atoms with E-state index in [-0.39, 0.29) is 29.7 Å². The molecule has 1 heterocycles. The van der Waals surface area contributed by atoms with Gasteiger partial charge in [-0.2, -0.15) is 0 Å². The molecule has 0 fully saturated rings. The maximum absolute atomic E-state index is 12.1. The molecule has 2 amide bonds. The first kappa shape index (κ1) is 16.3. The highest BCUT2D eigenvalue weighted by Crippen LogP contribution is 2.30. The number of ether oxygens (including phenoxy) is 1. The van der Waals surface area contributed by atoms with Crippen molar-refractivity contribution in [3.63, 3.8) is 0 Å². The van der Waals surface area contributed by atoms with Gasteiger partial charge in [0.15, 0.2) is 0 Å². The molecule has 2 rings (SSSR count). The fourth-order valence-corrected chi connectivity index (χ4v) is 2.33. The van der Waals surface area contributed by atoms with Gasteiger partial charge in [0.1, 0.15) is 12.4 Å². The molecule has 22 heavy (non-hydrogen) atoms. The molecule has 0 bridgehead atoms. The highest BCUT2D eigenvalue weighted by molar-refractivity contribution is 5.92. The van der Waals surface area contributed by atoms with Crippen LogP contribution in [0.15, 0.2) is 18.2 Å². The van der Waals surface area contributed by atoms with Crippen molar-refractivity contribution in [2.24, 2.45) is 11.8 Å². The minimum absolute atomic E-state index is 0.0114. The third kappa shape index (κ3) is 4.00. The van der Waals surface area contributed by atoms with Gasteiger partial charge in [0.05, 0.1) is 5.92 Å². The fourth-order valence-electron chi connectivity index (χ4n) is 2.33. The highest BCUT2D eigenvalue weighted by atomic mass is 16.5. The van der Waals surface area contributed by atoms with E-state index in [4.69, 9.17) is 4.74 Å². The van der Waals surface area contributed by atoms with Crippen molar-refractivity contribution in [2.45, 2.75) is 40.2 Å². The number of carbonyl (C=O) groups is 2. The molecule has 0 radical (unpaired) electrons. The van der Waals surface area contributed by atoms with Crippen LogP contribution in [0.25, 0.3) is 0 Å². The molecular weight excluding hydrogens is 280 g/mol. The van der Waals surface area contributed by atoms with Crippen LogP contribution < -0.4 is 15.4 Å². The van der Waals surface area contributed by atoms with Gasteiger partial charge in [0, 0.05) is 17.6 Å². The van der Waals surface area contributed by atoms with E-state index < -0.39 is 0 Å². The predicted molar refractivity (Wildman–Crippen MR) is 85.9 cm³/mol.